The van der Waals surface area contributed by atoms with Crippen molar-refractivity contribution >= 4 is 17.9 Å². The molecule has 78 valence electrons. The van der Waals surface area contributed by atoms with Crippen molar-refractivity contribution in [1.82, 2.24) is 9.97 Å². The smallest absolute Gasteiger partial charge is 0.273 e. The van der Waals surface area contributed by atoms with E-state index < -0.39 is 5.56 Å². The first kappa shape index (κ1) is 10.3. The van der Waals surface area contributed by atoms with Crippen LogP contribution in [0.3, 0.4) is 0 Å². The fraction of sp³-hybridized carbons (Fsp3) is 0. The molecule has 0 aliphatic heterocycles. The van der Waals surface area contributed by atoms with Gasteiger partial charge in [-0.25, -0.2) is 4.85 Å². The summed E-state index contributed by atoms with van der Waals surface area (Å²) in [5.41, 5.74) is 0.799. The average molecular weight is 229 g/mol. The van der Waals surface area contributed by atoms with Crippen molar-refractivity contribution in [2.24, 2.45) is 0 Å². The van der Waals surface area contributed by atoms with E-state index in [1.165, 1.54) is 0 Å². The zero-order valence-electron chi connectivity index (χ0n) is 8.15. The van der Waals surface area contributed by atoms with Crippen LogP contribution in [-0.4, -0.2) is 9.97 Å². The number of nitrogens with one attached hydrogen (secondary N) is 2. The Bertz CT molecular complexity index is 664. The molecule has 4 nitrogen and oxygen atoms in total. The largest absolute Gasteiger partial charge is 0.341 e. The van der Waals surface area contributed by atoms with Crippen molar-refractivity contribution in [2.45, 2.75) is 0 Å². The Morgan fingerprint density at radius 1 is 1.19 bits per heavy atom. The fourth-order valence-corrected chi connectivity index (χ4v) is 1.59. The molecule has 0 saturated carbocycles. The first-order valence-corrected chi connectivity index (χ1v) is 4.92. The molecule has 1 aromatic carbocycles. The highest BCUT2D eigenvalue weighted by Gasteiger charge is 2.09. The van der Waals surface area contributed by atoms with Gasteiger partial charge in [0.25, 0.3) is 11.2 Å². The fourth-order valence-electron chi connectivity index (χ4n) is 1.40. The normalized spacial score (nSPS) is 9.69. The number of rotatable bonds is 1. The summed E-state index contributed by atoms with van der Waals surface area (Å²) in [7, 11) is 0. The monoisotopic (exact) mass is 229 g/mol. The zero-order valence-corrected chi connectivity index (χ0v) is 8.97. The Hall–Kier alpha value is -2.19. The second kappa shape index (κ2) is 4.13. The number of nitrogens with zero attached hydrogens (tertiary/aromatic N) is 1. The number of H-pyrrole nitrogens is 2. The topological polar surface area (TPSA) is 53.0 Å². The van der Waals surface area contributed by atoms with E-state index in [-0.39, 0.29) is 10.5 Å². The maximum absolute atomic E-state index is 11.5. The molecule has 1 aromatic heterocycles. The Morgan fingerprint density at radius 3 is 2.50 bits per heavy atom. The van der Waals surface area contributed by atoms with Crippen LogP contribution >= 0.6 is 12.2 Å². The molecule has 0 unspecified atom stereocenters. The van der Waals surface area contributed by atoms with Crippen molar-refractivity contribution in [2.75, 3.05) is 0 Å². The Labute approximate surface area is 96.4 Å². The molecule has 0 saturated heterocycles. The lowest BCUT2D eigenvalue weighted by atomic mass is 10.1. The van der Waals surface area contributed by atoms with E-state index in [9.17, 15) is 4.79 Å². The molecule has 5 heteroatoms. The van der Waals surface area contributed by atoms with E-state index in [4.69, 9.17) is 18.8 Å². The number of hydrogen-bond donors (Lipinski definition) is 2. The summed E-state index contributed by atoms with van der Waals surface area (Å²) < 4.78 is 0.219. The van der Waals surface area contributed by atoms with E-state index in [1.54, 1.807) is 0 Å². The van der Waals surface area contributed by atoms with Crippen LogP contribution < -0.4 is 5.56 Å². The van der Waals surface area contributed by atoms with Gasteiger partial charge >= 0.3 is 0 Å². The second-order valence-corrected chi connectivity index (χ2v) is 3.52. The second-order valence-electron chi connectivity index (χ2n) is 3.11. The van der Waals surface area contributed by atoms with E-state index >= 15 is 0 Å². The SMILES string of the molecule is [C-]#[N+]c1c(-c2ccccc2)[nH]c(=S)[nH]c1=O. The lowest BCUT2D eigenvalue weighted by Crippen LogP contribution is -2.07. The Kier molecular flexibility index (Phi) is 2.66. The summed E-state index contributed by atoms with van der Waals surface area (Å²) in [6, 6.07) is 9.16. The highest BCUT2D eigenvalue weighted by Crippen LogP contribution is 2.23. The van der Waals surface area contributed by atoms with Crippen molar-refractivity contribution < 1.29 is 0 Å². The molecule has 0 radical (unpaired) electrons. The predicted octanol–water partition coefficient (Wildman–Crippen LogP) is 2.65. The summed E-state index contributed by atoms with van der Waals surface area (Å²) in [5.74, 6) is 0. The first-order chi connectivity index (χ1) is 7.72. The van der Waals surface area contributed by atoms with Crippen molar-refractivity contribution in [3.8, 4) is 11.3 Å². The summed E-state index contributed by atoms with van der Waals surface area (Å²) in [4.78, 5) is 19.9. The Morgan fingerprint density at radius 2 is 1.88 bits per heavy atom. The van der Waals surface area contributed by atoms with E-state index in [0.29, 0.717) is 5.69 Å². The summed E-state index contributed by atoms with van der Waals surface area (Å²) in [6.07, 6.45) is 0. The van der Waals surface area contributed by atoms with E-state index in [1.807, 2.05) is 30.3 Å². The third kappa shape index (κ3) is 1.78. The van der Waals surface area contributed by atoms with Crippen LogP contribution in [0.1, 0.15) is 0 Å². The van der Waals surface area contributed by atoms with Crippen LogP contribution in [0.5, 0.6) is 0 Å². The van der Waals surface area contributed by atoms with Crippen LogP contribution in [0.25, 0.3) is 16.1 Å². The number of aromatic amines is 2. The zero-order chi connectivity index (χ0) is 11.5. The van der Waals surface area contributed by atoms with Crippen molar-refractivity contribution in [3.05, 3.63) is 56.9 Å². The van der Waals surface area contributed by atoms with Crippen LogP contribution in [0.2, 0.25) is 0 Å². The van der Waals surface area contributed by atoms with Crippen LogP contribution in [-0.2, 0) is 0 Å². The standard InChI is InChI=1S/C11H7N3OS/c1-12-9-8(7-5-3-2-4-6-7)13-11(16)14-10(9)15/h2-6H,(H2,13,14,15,16). The Balaban J connectivity index is 2.81. The van der Waals surface area contributed by atoms with Crippen LogP contribution in [0.15, 0.2) is 35.1 Å². The van der Waals surface area contributed by atoms with E-state index in [0.717, 1.165) is 5.56 Å². The van der Waals surface area contributed by atoms with Gasteiger partial charge in [-0.05, 0) is 17.8 Å². The molecule has 0 amide bonds. The molecule has 0 bridgehead atoms. The van der Waals surface area contributed by atoms with Gasteiger partial charge in [0, 0.05) is 0 Å². The quantitative estimate of drug-likeness (QED) is 0.583. The maximum atomic E-state index is 11.5. The van der Waals surface area contributed by atoms with Crippen LogP contribution in [0.4, 0.5) is 5.69 Å². The molecule has 2 rings (SSSR count). The number of benzene rings is 1. The minimum atomic E-state index is -0.461. The van der Waals surface area contributed by atoms with Gasteiger partial charge < -0.3 is 9.97 Å². The van der Waals surface area contributed by atoms with Gasteiger partial charge in [-0.15, -0.1) is 0 Å². The molecule has 0 fully saturated rings. The molecule has 16 heavy (non-hydrogen) atoms. The molecule has 2 aromatic rings. The number of aromatic nitrogens is 2. The molecule has 0 aliphatic carbocycles. The van der Waals surface area contributed by atoms with Gasteiger partial charge in [0.2, 0.25) is 0 Å². The highest BCUT2D eigenvalue weighted by molar-refractivity contribution is 7.71. The molecular formula is C11H7N3OS. The van der Waals surface area contributed by atoms with Gasteiger partial charge in [0.15, 0.2) is 4.77 Å². The molecule has 0 spiro atoms. The molecule has 2 N–H and O–H groups in total. The van der Waals surface area contributed by atoms with Gasteiger partial charge in [0.1, 0.15) is 0 Å². The molecule has 0 atom stereocenters. The van der Waals surface area contributed by atoms with Crippen LogP contribution in [0, 0.1) is 11.3 Å². The minimum absolute atomic E-state index is 0.0276. The number of hydrogen-bond acceptors (Lipinski definition) is 2. The van der Waals surface area contributed by atoms with Gasteiger partial charge in [-0.2, -0.15) is 0 Å². The molecule has 1 heterocycles. The summed E-state index contributed by atoms with van der Waals surface area (Å²) >= 11 is 4.88. The lowest BCUT2D eigenvalue weighted by molar-refractivity contribution is 1.10. The third-order valence-corrected chi connectivity index (χ3v) is 2.30. The van der Waals surface area contributed by atoms with Crippen molar-refractivity contribution in [3.63, 3.8) is 0 Å². The van der Waals surface area contributed by atoms with Gasteiger partial charge in [0.05, 0.1) is 12.3 Å². The van der Waals surface area contributed by atoms with Crippen molar-refractivity contribution in [1.29, 1.82) is 0 Å². The third-order valence-electron chi connectivity index (χ3n) is 2.09. The maximum Gasteiger partial charge on any atom is 0.273 e. The first-order valence-electron chi connectivity index (χ1n) is 4.52. The summed E-state index contributed by atoms with van der Waals surface area (Å²) in [5, 5.41) is 0. The van der Waals surface area contributed by atoms with Gasteiger partial charge in [-0.1, -0.05) is 30.3 Å². The van der Waals surface area contributed by atoms with E-state index in [2.05, 4.69) is 14.8 Å². The minimum Gasteiger partial charge on any atom is -0.341 e. The molecular weight excluding hydrogens is 222 g/mol. The van der Waals surface area contributed by atoms with Gasteiger partial charge in [-0.3, -0.25) is 4.79 Å². The highest BCUT2D eigenvalue weighted by atomic mass is 32.1. The lowest BCUT2D eigenvalue weighted by Gasteiger charge is -2.03. The average Bonchev–Trinajstić information content (AvgIpc) is 2.29. The predicted molar refractivity (Wildman–Crippen MR) is 63.9 cm³/mol. The molecule has 0 aliphatic rings. The summed E-state index contributed by atoms with van der Waals surface area (Å²) in [6.45, 7) is 7.00.